The van der Waals surface area contributed by atoms with E-state index in [1.165, 1.54) is 16.2 Å². The van der Waals surface area contributed by atoms with Crippen molar-refractivity contribution in [2.75, 3.05) is 20.2 Å². The van der Waals surface area contributed by atoms with Gasteiger partial charge in [-0.1, -0.05) is 6.07 Å². The molecule has 2 rings (SSSR count). The van der Waals surface area contributed by atoms with E-state index in [2.05, 4.69) is 32.2 Å². The van der Waals surface area contributed by atoms with E-state index < -0.39 is 0 Å². The van der Waals surface area contributed by atoms with E-state index >= 15 is 0 Å². The molecular formula is C10H14NO+. The summed E-state index contributed by atoms with van der Waals surface area (Å²) in [6.07, 6.45) is 0. The van der Waals surface area contributed by atoms with Crippen LogP contribution in [0.2, 0.25) is 0 Å². The summed E-state index contributed by atoms with van der Waals surface area (Å²) in [7, 11) is 2.18. The van der Waals surface area contributed by atoms with Gasteiger partial charge in [0.25, 0.3) is 0 Å². The molecule has 0 spiro atoms. The number of likely N-dealkylation sites (N-methyl/N-ethyl adjacent to an activating group) is 1. The quantitative estimate of drug-likeness (QED) is 0.590. The molecule has 0 radical (unpaired) electrons. The van der Waals surface area contributed by atoms with E-state index in [9.17, 15) is 0 Å². The van der Waals surface area contributed by atoms with E-state index in [0.717, 1.165) is 18.9 Å². The van der Waals surface area contributed by atoms with Crippen molar-refractivity contribution in [3.05, 3.63) is 23.8 Å². The van der Waals surface area contributed by atoms with Gasteiger partial charge in [-0.2, -0.15) is 0 Å². The molecule has 2 nitrogen and oxygen atoms in total. The van der Waals surface area contributed by atoms with Crippen molar-refractivity contribution in [3.63, 3.8) is 0 Å². The lowest BCUT2D eigenvalue weighted by Gasteiger charge is -2.22. The average Bonchev–Trinajstić information content (AvgIpc) is 2.07. The van der Waals surface area contributed by atoms with Gasteiger partial charge in [0.05, 0.1) is 7.05 Å². The molecule has 2 heteroatoms. The first-order chi connectivity index (χ1) is 5.77. The molecule has 1 aromatic carbocycles. The van der Waals surface area contributed by atoms with E-state index in [1.54, 1.807) is 0 Å². The van der Waals surface area contributed by atoms with Crippen LogP contribution in [0.5, 0.6) is 5.75 Å². The fraction of sp³-hybridized carbons (Fsp3) is 0.400. The summed E-state index contributed by atoms with van der Waals surface area (Å²) in [5, 5.41) is 0. The Morgan fingerprint density at radius 1 is 1.42 bits per heavy atom. The molecule has 64 valence electrons. The van der Waals surface area contributed by atoms with Crippen LogP contribution in [-0.4, -0.2) is 20.2 Å². The number of hydrogen-bond donors (Lipinski definition) is 1. The lowest BCUT2D eigenvalue weighted by atomic mass is 10.2. The fourth-order valence-electron chi connectivity index (χ4n) is 1.55. The molecule has 0 amide bonds. The van der Waals surface area contributed by atoms with Crippen molar-refractivity contribution in [1.82, 2.24) is 0 Å². The molecule has 1 atom stereocenters. The van der Waals surface area contributed by atoms with Crippen LogP contribution in [0.15, 0.2) is 18.2 Å². The summed E-state index contributed by atoms with van der Waals surface area (Å²) < 4.78 is 5.53. The summed E-state index contributed by atoms with van der Waals surface area (Å²) in [6.45, 7) is 4.01. The van der Waals surface area contributed by atoms with Crippen LogP contribution in [-0.2, 0) is 0 Å². The maximum absolute atomic E-state index is 5.53. The summed E-state index contributed by atoms with van der Waals surface area (Å²) in [4.78, 5) is 1.44. The Hall–Kier alpha value is -1.02. The van der Waals surface area contributed by atoms with E-state index in [1.807, 2.05) is 0 Å². The lowest BCUT2D eigenvalue weighted by Crippen LogP contribution is -3.05. The number of aryl methyl sites for hydroxylation is 1. The molecule has 1 aromatic rings. The number of hydrogen-bond acceptors (Lipinski definition) is 1. The molecule has 0 fully saturated rings. The van der Waals surface area contributed by atoms with Gasteiger partial charge in [0.15, 0.2) is 11.4 Å². The largest absolute Gasteiger partial charge is 0.481 e. The number of rotatable bonds is 0. The number of nitrogens with one attached hydrogen (secondary N) is 1. The van der Waals surface area contributed by atoms with Crippen molar-refractivity contribution in [2.45, 2.75) is 6.92 Å². The Balaban J connectivity index is 2.47. The zero-order valence-corrected chi connectivity index (χ0v) is 7.55. The molecule has 1 aliphatic rings. The molecule has 0 aliphatic carbocycles. The SMILES string of the molecule is Cc1ccc2c(c1)[NH+](C)CCO2. The van der Waals surface area contributed by atoms with Crippen LogP contribution >= 0.6 is 0 Å². The Morgan fingerprint density at radius 3 is 3.08 bits per heavy atom. The van der Waals surface area contributed by atoms with Crippen molar-refractivity contribution < 1.29 is 9.64 Å². The monoisotopic (exact) mass is 164 g/mol. The molecule has 0 bridgehead atoms. The van der Waals surface area contributed by atoms with Gasteiger partial charge >= 0.3 is 0 Å². The first-order valence-corrected chi connectivity index (χ1v) is 4.33. The van der Waals surface area contributed by atoms with Crippen molar-refractivity contribution in [1.29, 1.82) is 0 Å². The minimum atomic E-state index is 0.835. The zero-order chi connectivity index (χ0) is 8.55. The molecule has 1 heterocycles. The molecule has 0 saturated heterocycles. The topological polar surface area (TPSA) is 13.7 Å². The van der Waals surface area contributed by atoms with Gasteiger partial charge in [0.2, 0.25) is 0 Å². The smallest absolute Gasteiger partial charge is 0.180 e. The van der Waals surface area contributed by atoms with Crippen LogP contribution < -0.4 is 9.64 Å². The summed E-state index contributed by atoms with van der Waals surface area (Å²) in [5.41, 5.74) is 2.60. The third-order valence-corrected chi connectivity index (χ3v) is 2.33. The predicted molar refractivity (Wildman–Crippen MR) is 48.1 cm³/mol. The number of ether oxygens (including phenoxy) is 1. The van der Waals surface area contributed by atoms with Gasteiger partial charge in [-0.3, -0.25) is 4.90 Å². The van der Waals surface area contributed by atoms with Gasteiger partial charge in [0, 0.05) is 6.07 Å². The summed E-state index contributed by atoms with van der Waals surface area (Å²) in [6, 6.07) is 6.36. The minimum Gasteiger partial charge on any atom is -0.481 e. The highest BCUT2D eigenvalue weighted by Gasteiger charge is 2.18. The molecule has 0 saturated carbocycles. The van der Waals surface area contributed by atoms with Crippen LogP contribution in [0.3, 0.4) is 0 Å². The first-order valence-electron chi connectivity index (χ1n) is 4.33. The molecule has 12 heavy (non-hydrogen) atoms. The summed E-state index contributed by atoms with van der Waals surface area (Å²) >= 11 is 0. The third kappa shape index (κ3) is 1.18. The molecule has 0 aromatic heterocycles. The molecule has 1 N–H and O–H groups in total. The highest BCUT2D eigenvalue weighted by molar-refractivity contribution is 5.48. The van der Waals surface area contributed by atoms with Crippen molar-refractivity contribution in [3.8, 4) is 5.75 Å². The first kappa shape index (κ1) is 7.62. The normalized spacial score (nSPS) is 21.3. The van der Waals surface area contributed by atoms with Gasteiger partial charge in [-0.05, 0) is 18.6 Å². The Morgan fingerprint density at radius 2 is 2.25 bits per heavy atom. The maximum atomic E-state index is 5.53. The Bertz CT molecular complexity index is 296. The Labute approximate surface area is 72.8 Å². The second kappa shape index (κ2) is 2.79. The molecular weight excluding hydrogens is 150 g/mol. The van der Waals surface area contributed by atoms with E-state index in [4.69, 9.17) is 4.74 Å². The number of fused-ring (bicyclic) bond motifs is 1. The van der Waals surface area contributed by atoms with Crippen molar-refractivity contribution >= 4 is 5.69 Å². The third-order valence-electron chi connectivity index (χ3n) is 2.33. The summed E-state index contributed by atoms with van der Waals surface area (Å²) in [5.74, 6) is 1.05. The van der Waals surface area contributed by atoms with Gasteiger partial charge < -0.3 is 4.74 Å². The maximum Gasteiger partial charge on any atom is 0.180 e. The second-order valence-electron chi connectivity index (χ2n) is 3.38. The van der Waals surface area contributed by atoms with Gasteiger partial charge in [-0.15, -0.1) is 0 Å². The number of quaternary nitrogens is 1. The highest BCUT2D eigenvalue weighted by Crippen LogP contribution is 2.23. The Kier molecular flexibility index (Phi) is 1.77. The average molecular weight is 164 g/mol. The van der Waals surface area contributed by atoms with Crippen LogP contribution in [0.4, 0.5) is 5.69 Å². The molecule has 1 unspecified atom stereocenters. The van der Waals surface area contributed by atoms with E-state index in [0.29, 0.717) is 0 Å². The predicted octanol–water partition coefficient (Wildman–Crippen LogP) is 0.534. The zero-order valence-electron chi connectivity index (χ0n) is 7.55. The second-order valence-corrected chi connectivity index (χ2v) is 3.38. The van der Waals surface area contributed by atoms with Crippen LogP contribution in [0.1, 0.15) is 5.56 Å². The highest BCUT2D eigenvalue weighted by atomic mass is 16.5. The van der Waals surface area contributed by atoms with Gasteiger partial charge in [-0.25, -0.2) is 0 Å². The van der Waals surface area contributed by atoms with Crippen molar-refractivity contribution in [2.24, 2.45) is 0 Å². The lowest BCUT2D eigenvalue weighted by molar-refractivity contribution is -0.814. The molecule has 1 aliphatic heterocycles. The van der Waals surface area contributed by atoms with E-state index in [-0.39, 0.29) is 0 Å². The van der Waals surface area contributed by atoms with Gasteiger partial charge in [0.1, 0.15) is 13.2 Å². The standard InChI is InChI=1S/C10H13NO/c1-8-3-4-10-9(7-8)11(2)5-6-12-10/h3-4,7H,5-6H2,1-2H3/p+1. The fourth-order valence-corrected chi connectivity index (χ4v) is 1.55. The minimum absolute atomic E-state index is 0.835. The van der Waals surface area contributed by atoms with Crippen LogP contribution in [0, 0.1) is 6.92 Å². The number of benzene rings is 1. The van der Waals surface area contributed by atoms with Crippen LogP contribution in [0.25, 0.3) is 0 Å².